The molecule has 44 heavy (non-hydrogen) atoms. The van der Waals surface area contributed by atoms with Gasteiger partial charge in [-0.3, -0.25) is 19.2 Å². The second-order valence-electron chi connectivity index (χ2n) is 13.0. The summed E-state index contributed by atoms with van der Waals surface area (Å²) < 4.78 is 0. The van der Waals surface area contributed by atoms with Crippen LogP contribution in [0.4, 0.5) is 0 Å². The number of amides is 4. The van der Waals surface area contributed by atoms with Crippen molar-refractivity contribution in [2.24, 2.45) is 23.7 Å². The molecule has 0 heterocycles. The Hall–Kier alpha value is -3.72. The third kappa shape index (κ3) is 11.8. The Morgan fingerprint density at radius 1 is 0.773 bits per heavy atom. The van der Waals surface area contributed by atoms with E-state index in [1.165, 1.54) is 0 Å². The number of aliphatic hydroxyl groups excluding tert-OH is 1. The summed E-state index contributed by atoms with van der Waals surface area (Å²) in [6, 6.07) is 14.9. The predicted molar refractivity (Wildman–Crippen MR) is 174 cm³/mol. The van der Waals surface area contributed by atoms with E-state index in [2.05, 4.69) is 16.0 Å². The average molecular weight is 609 g/mol. The fraction of sp³-hybridized carbons (Fsp3) is 0.543. The first kappa shape index (κ1) is 36.5. The van der Waals surface area contributed by atoms with Crippen LogP contribution in [0.5, 0.6) is 0 Å². The molecular weight excluding hydrogens is 556 g/mol. The molecule has 0 aliphatic heterocycles. The van der Waals surface area contributed by atoms with Gasteiger partial charge in [0.1, 0.15) is 6.04 Å². The number of benzene rings is 2. The third-order valence-electron chi connectivity index (χ3n) is 7.46. The van der Waals surface area contributed by atoms with Crippen molar-refractivity contribution in [1.29, 1.82) is 0 Å². The molecule has 9 heteroatoms. The molecule has 0 aliphatic rings. The van der Waals surface area contributed by atoms with Gasteiger partial charge in [0.2, 0.25) is 11.8 Å². The Bertz CT molecular complexity index is 1230. The minimum absolute atomic E-state index is 0.102. The van der Waals surface area contributed by atoms with E-state index < -0.39 is 30.0 Å². The van der Waals surface area contributed by atoms with Crippen LogP contribution in [0.15, 0.2) is 54.6 Å². The predicted octanol–water partition coefficient (Wildman–Crippen LogP) is 4.40. The maximum absolute atomic E-state index is 13.3. The van der Waals surface area contributed by atoms with Crippen molar-refractivity contribution in [3.05, 3.63) is 71.3 Å². The summed E-state index contributed by atoms with van der Waals surface area (Å²) in [6.07, 6.45) is -0.410. The maximum atomic E-state index is 13.3. The summed E-state index contributed by atoms with van der Waals surface area (Å²) in [5, 5.41) is 19.9. The van der Waals surface area contributed by atoms with Crippen LogP contribution in [0.2, 0.25) is 0 Å². The fourth-order valence-electron chi connectivity index (χ4n) is 4.89. The van der Waals surface area contributed by atoms with E-state index >= 15 is 0 Å². The molecule has 2 aromatic rings. The minimum Gasteiger partial charge on any atom is -0.391 e. The molecule has 4 amide bonds. The number of carbonyl (C=O) groups is 4. The molecule has 0 spiro atoms. The van der Waals surface area contributed by atoms with E-state index in [1.807, 2.05) is 71.9 Å². The Labute approximate surface area is 263 Å². The fourth-order valence-corrected chi connectivity index (χ4v) is 4.89. The van der Waals surface area contributed by atoms with Crippen molar-refractivity contribution < 1.29 is 24.3 Å². The maximum Gasteiger partial charge on any atom is 0.253 e. The molecule has 4 unspecified atom stereocenters. The van der Waals surface area contributed by atoms with Gasteiger partial charge in [-0.2, -0.15) is 0 Å². The molecular formula is C35H52N4O5. The molecule has 2 aromatic carbocycles. The number of nitrogens with zero attached hydrogens (tertiary/aromatic N) is 1. The molecule has 0 saturated carbocycles. The smallest absolute Gasteiger partial charge is 0.253 e. The Kier molecular flexibility index (Phi) is 14.5. The second-order valence-corrected chi connectivity index (χ2v) is 13.0. The van der Waals surface area contributed by atoms with Gasteiger partial charge in [-0.25, -0.2) is 0 Å². The van der Waals surface area contributed by atoms with Crippen LogP contribution in [0.25, 0.3) is 0 Å². The summed E-state index contributed by atoms with van der Waals surface area (Å²) in [7, 11) is 1.72. The van der Waals surface area contributed by atoms with Gasteiger partial charge in [0.05, 0.1) is 12.1 Å². The van der Waals surface area contributed by atoms with E-state index in [4.69, 9.17) is 0 Å². The molecule has 0 radical (unpaired) electrons. The lowest BCUT2D eigenvalue weighted by Gasteiger charge is -2.29. The van der Waals surface area contributed by atoms with Crippen LogP contribution in [-0.4, -0.2) is 65.4 Å². The highest BCUT2D eigenvalue weighted by atomic mass is 16.3. The van der Waals surface area contributed by atoms with Crippen LogP contribution in [-0.2, 0) is 16.1 Å². The topological polar surface area (TPSA) is 128 Å². The van der Waals surface area contributed by atoms with Crippen molar-refractivity contribution in [2.45, 2.75) is 86.0 Å². The average Bonchev–Trinajstić information content (AvgIpc) is 2.97. The number of carbonyl (C=O) groups excluding carboxylic acids is 4. The highest BCUT2D eigenvalue weighted by molar-refractivity contribution is 5.99. The molecule has 0 bridgehead atoms. The highest BCUT2D eigenvalue weighted by Crippen LogP contribution is 2.18. The first-order chi connectivity index (χ1) is 20.7. The van der Waals surface area contributed by atoms with Crippen molar-refractivity contribution in [3.63, 3.8) is 0 Å². The summed E-state index contributed by atoms with van der Waals surface area (Å²) >= 11 is 0. The molecule has 9 nitrogen and oxygen atoms in total. The Balaban J connectivity index is 2.08. The molecule has 2 rings (SSSR count). The first-order valence-electron chi connectivity index (χ1n) is 15.7. The monoisotopic (exact) mass is 608 g/mol. The van der Waals surface area contributed by atoms with Gasteiger partial charge in [0, 0.05) is 37.2 Å². The van der Waals surface area contributed by atoms with E-state index in [0.29, 0.717) is 30.6 Å². The van der Waals surface area contributed by atoms with E-state index in [0.717, 1.165) is 5.56 Å². The lowest BCUT2D eigenvalue weighted by molar-refractivity contribution is -0.132. The van der Waals surface area contributed by atoms with Gasteiger partial charge < -0.3 is 26.0 Å². The van der Waals surface area contributed by atoms with Gasteiger partial charge in [-0.05, 0) is 54.4 Å². The van der Waals surface area contributed by atoms with Crippen molar-refractivity contribution in [3.8, 4) is 0 Å². The summed E-state index contributed by atoms with van der Waals surface area (Å²) in [4.78, 5) is 53.8. The largest absolute Gasteiger partial charge is 0.391 e. The van der Waals surface area contributed by atoms with Gasteiger partial charge in [0.15, 0.2) is 0 Å². The number of nitrogens with one attached hydrogen (secondary N) is 3. The Morgan fingerprint density at radius 2 is 1.41 bits per heavy atom. The van der Waals surface area contributed by atoms with Crippen LogP contribution in [0.1, 0.15) is 87.6 Å². The highest BCUT2D eigenvalue weighted by Gasteiger charge is 2.30. The second kappa shape index (κ2) is 17.5. The molecule has 0 fully saturated rings. The quantitative estimate of drug-likeness (QED) is 0.225. The zero-order chi connectivity index (χ0) is 33.0. The number of rotatable bonds is 16. The molecule has 242 valence electrons. The number of hydrogen-bond acceptors (Lipinski definition) is 5. The van der Waals surface area contributed by atoms with Crippen molar-refractivity contribution in [2.75, 3.05) is 13.6 Å². The van der Waals surface area contributed by atoms with Crippen LogP contribution in [0, 0.1) is 23.7 Å². The third-order valence-corrected chi connectivity index (χ3v) is 7.46. The number of hydrogen-bond donors (Lipinski definition) is 4. The van der Waals surface area contributed by atoms with Gasteiger partial charge >= 0.3 is 0 Å². The molecule has 4 N–H and O–H groups in total. The van der Waals surface area contributed by atoms with Crippen molar-refractivity contribution in [1.82, 2.24) is 20.9 Å². The van der Waals surface area contributed by atoms with Gasteiger partial charge in [-0.1, -0.05) is 84.9 Å². The summed E-state index contributed by atoms with van der Waals surface area (Å²) in [5.41, 5.74) is 1.70. The van der Waals surface area contributed by atoms with Crippen molar-refractivity contribution >= 4 is 23.6 Å². The standard InChI is InChI=1S/C35H52N4O5/c1-22(2)17-29(30(40)18-25(7)32(41)38-31(24(5)6)34(43)36-20-23(3)4)37-33(42)27-15-12-16-28(19-27)35(44)39(8)21-26-13-10-9-11-14-26/h9-16,19,22-25,29-31,40H,17-18,20-21H2,1-8H3,(H,36,43)(H,37,42)(H,38,41). The SMILES string of the molecule is CC(C)CNC(=O)C(NC(=O)C(C)CC(O)C(CC(C)C)NC(=O)c1cccc(C(=O)N(C)Cc2ccccc2)c1)C(C)C. The van der Waals surface area contributed by atoms with Gasteiger partial charge in [0.25, 0.3) is 11.8 Å². The number of aliphatic hydroxyl groups is 1. The van der Waals surface area contributed by atoms with E-state index in [9.17, 15) is 24.3 Å². The molecule has 0 saturated heterocycles. The summed E-state index contributed by atoms with van der Waals surface area (Å²) in [6.45, 7) is 14.4. The summed E-state index contributed by atoms with van der Waals surface area (Å²) in [5.74, 6) is -1.45. The molecule has 0 aliphatic carbocycles. The molecule has 4 atom stereocenters. The lowest BCUT2D eigenvalue weighted by Crippen LogP contribution is -2.52. The Morgan fingerprint density at radius 3 is 2.00 bits per heavy atom. The van der Waals surface area contributed by atoms with Crippen LogP contribution >= 0.6 is 0 Å². The zero-order valence-electron chi connectivity index (χ0n) is 27.6. The normalized spacial score (nSPS) is 14.1. The zero-order valence-corrected chi connectivity index (χ0v) is 27.6. The van der Waals surface area contributed by atoms with E-state index in [-0.39, 0.29) is 41.9 Å². The van der Waals surface area contributed by atoms with E-state index in [1.54, 1.807) is 43.1 Å². The first-order valence-corrected chi connectivity index (χ1v) is 15.7. The molecule has 0 aromatic heterocycles. The minimum atomic E-state index is -1.00. The lowest BCUT2D eigenvalue weighted by atomic mass is 9.91. The van der Waals surface area contributed by atoms with Crippen LogP contribution < -0.4 is 16.0 Å². The van der Waals surface area contributed by atoms with Crippen LogP contribution in [0.3, 0.4) is 0 Å². The van der Waals surface area contributed by atoms with Gasteiger partial charge in [-0.15, -0.1) is 0 Å².